The zero-order chi connectivity index (χ0) is 11.0. The molecule has 4 heteroatoms. The van der Waals surface area contributed by atoms with Gasteiger partial charge in [-0.1, -0.05) is 6.07 Å². The average Bonchev–Trinajstić information content (AvgIpc) is 2.96. The minimum atomic E-state index is 0.258. The largest absolute Gasteiger partial charge is 0.454 e. The standard InChI is InChI=1S/C12H15NO3/c14-6-8-3-10(13-5-8)9-1-2-11-12(4-9)16-7-15-11/h1-2,4,8,10,13-14H,3,5-7H2. The van der Waals surface area contributed by atoms with Crippen LogP contribution in [0.15, 0.2) is 18.2 Å². The molecule has 0 spiro atoms. The van der Waals surface area contributed by atoms with E-state index in [9.17, 15) is 0 Å². The molecule has 0 saturated carbocycles. The highest BCUT2D eigenvalue weighted by atomic mass is 16.7. The Balaban J connectivity index is 1.80. The van der Waals surface area contributed by atoms with Gasteiger partial charge in [0.1, 0.15) is 0 Å². The molecule has 16 heavy (non-hydrogen) atoms. The van der Waals surface area contributed by atoms with E-state index >= 15 is 0 Å². The summed E-state index contributed by atoms with van der Waals surface area (Å²) in [6, 6.07) is 6.36. The second-order valence-corrected chi connectivity index (χ2v) is 4.36. The van der Waals surface area contributed by atoms with E-state index in [2.05, 4.69) is 11.4 Å². The number of fused-ring (bicyclic) bond motifs is 1. The predicted molar refractivity (Wildman–Crippen MR) is 58.5 cm³/mol. The summed E-state index contributed by atoms with van der Waals surface area (Å²) in [7, 11) is 0. The Labute approximate surface area is 94.2 Å². The van der Waals surface area contributed by atoms with Gasteiger partial charge in [0.25, 0.3) is 0 Å². The minimum Gasteiger partial charge on any atom is -0.454 e. The van der Waals surface area contributed by atoms with Crippen LogP contribution >= 0.6 is 0 Å². The van der Waals surface area contributed by atoms with Gasteiger partial charge in [-0.2, -0.15) is 0 Å². The minimum absolute atomic E-state index is 0.258. The number of nitrogens with one attached hydrogen (secondary N) is 1. The Morgan fingerprint density at radius 2 is 2.19 bits per heavy atom. The topological polar surface area (TPSA) is 50.7 Å². The molecule has 0 aliphatic carbocycles. The third kappa shape index (κ3) is 1.64. The van der Waals surface area contributed by atoms with Gasteiger partial charge in [-0.05, 0) is 30.0 Å². The Kier molecular flexibility index (Phi) is 2.46. The first-order valence-corrected chi connectivity index (χ1v) is 5.60. The van der Waals surface area contributed by atoms with Crippen LogP contribution in [0.25, 0.3) is 0 Å². The van der Waals surface area contributed by atoms with Gasteiger partial charge in [-0.25, -0.2) is 0 Å². The van der Waals surface area contributed by atoms with E-state index in [1.165, 1.54) is 5.56 Å². The molecule has 2 unspecified atom stereocenters. The van der Waals surface area contributed by atoms with Gasteiger partial charge in [0.15, 0.2) is 11.5 Å². The Morgan fingerprint density at radius 1 is 1.31 bits per heavy atom. The molecule has 0 bridgehead atoms. The molecule has 1 aromatic carbocycles. The fourth-order valence-electron chi connectivity index (χ4n) is 2.33. The van der Waals surface area contributed by atoms with Gasteiger partial charge in [0.2, 0.25) is 6.79 Å². The lowest BCUT2D eigenvalue weighted by molar-refractivity contribution is 0.174. The van der Waals surface area contributed by atoms with Crippen molar-refractivity contribution in [1.29, 1.82) is 0 Å². The molecule has 1 aromatic rings. The quantitative estimate of drug-likeness (QED) is 0.784. The van der Waals surface area contributed by atoms with Crippen LogP contribution in [-0.4, -0.2) is 25.1 Å². The van der Waals surface area contributed by atoms with Crippen molar-refractivity contribution in [3.8, 4) is 11.5 Å². The summed E-state index contributed by atoms with van der Waals surface area (Å²) in [5.41, 5.74) is 1.21. The summed E-state index contributed by atoms with van der Waals surface area (Å²) in [4.78, 5) is 0. The predicted octanol–water partition coefficient (Wildman–Crippen LogP) is 1.06. The van der Waals surface area contributed by atoms with Crippen molar-refractivity contribution in [2.75, 3.05) is 19.9 Å². The SMILES string of the molecule is OCC1CNC(c2ccc3c(c2)OCO3)C1. The first-order chi connectivity index (χ1) is 7.86. The molecule has 86 valence electrons. The van der Waals surface area contributed by atoms with Crippen LogP contribution in [0.5, 0.6) is 11.5 Å². The molecule has 2 aliphatic rings. The third-order valence-corrected chi connectivity index (χ3v) is 3.28. The van der Waals surface area contributed by atoms with Gasteiger partial charge < -0.3 is 19.9 Å². The highest BCUT2D eigenvalue weighted by molar-refractivity contribution is 5.45. The molecule has 2 atom stereocenters. The molecular formula is C12H15NO3. The second kappa shape index (κ2) is 3.96. The normalized spacial score (nSPS) is 27.3. The Bertz CT molecular complexity index is 394. The smallest absolute Gasteiger partial charge is 0.231 e. The Hall–Kier alpha value is -1.26. The van der Waals surface area contributed by atoms with Gasteiger partial charge >= 0.3 is 0 Å². The van der Waals surface area contributed by atoms with Crippen LogP contribution < -0.4 is 14.8 Å². The number of aliphatic hydroxyl groups excluding tert-OH is 1. The van der Waals surface area contributed by atoms with Crippen LogP contribution in [0.1, 0.15) is 18.0 Å². The molecule has 0 radical (unpaired) electrons. The van der Waals surface area contributed by atoms with Crippen molar-refractivity contribution < 1.29 is 14.6 Å². The summed E-state index contributed by atoms with van der Waals surface area (Å²) in [6.07, 6.45) is 0.982. The molecule has 3 rings (SSSR count). The summed E-state index contributed by atoms with van der Waals surface area (Å²) >= 11 is 0. The second-order valence-electron chi connectivity index (χ2n) is 4.36. The number of aliphatic hydroxyl groups is 1. The van der Waals surface area contributed by atoms with Crippen LogP contribution in [0.3, 0.4) is 0 Å². The van der Waals surface area contributed by atoms with Crippen LogP contribution in [0, 0.1) is 5.92 Å². The van der Waals surface area contributed by atoms with Crippen molar-refractivity contribution in [3.63, 3.8) is 0 Å². The first kappa shape index (κ1) is 9.93. The monoisotopic (exact) mass is 221 g/mol. The van der Waals surface area contributed by atoms with E-state index < -0.39 is 0 Å². The maximum atomic E-state index is 9.10. The highest BCUT2D eigenvalue weighted by Crippen LogP contribution is 2.36. The fourth-order valence-corrected chi connectivity index (χ4v) is 2.33. The highest BCUT2D eigenvalue weighted by Gasteiger charge is 2.26. The van der Waals surface area contributed by atoms with Crippen LogP contribution in [0.2, 0.25) is 0 Å². The maximum Gasteiger partial charge on any atom is 0.231 e. The van der Waals surface area contributed by atoms with Crippen molar-refractivity contribution in [2.45, 2.75) is 12.5 Å². The first-order valence-electron chi connectivity index (χ1n) is 5.60. The van der Waals surface area contributed by atoms with Crippen LogP contribution in [-0.2, 0) is 0 Å². The van der Waals surface area contributed by atoms with Crippen molar-refractivity contribution >= 4 is 0 Å². The van der Waals surface area contributed by atoms with Gasteiger partial charge in [-0.3, -0.25) is 0 Å². The molecule has 4 nitrogen and oxygen atoms in total. The summed E-state index contributed by atoms with van der Waals surface area (Å²) < 4.78 is 10.6. The van der Waals surface area contributed by atoms with E-state index in [1.807, 2.05) is 12.1 Å². The molecule has 0 amide bonds. The van der Waals surface area contributed by atoms with Crippen molar-refractivity contribution in [1.82, 2.24) is 5.32 Å². The molecule has 2 N–H and O–H groups in total. The zero-order valence-electron chi connectivity index (χ0n) is 8.98. The lowest BCUT2D eigenvalue weighted by Crippen LogP contribution is -2.14. The lowest BCUT2D eigenvalue weighted by atomic mass is 10.0. The summed E-state index contributed by atoms with van der Waals surface area (Å²) in [5.74, 6) is 2.02. The zero-order valence-corrected chi connectivity index (χ0v) is 8.98. The average molecular weight is 221 g/mol. The van der Waals surface area contributed by atoms with Crippen molar-refractivity contribution in [3.05, 3.63) is 23.8 Å². The summed E-state index contributed by atoms with van der Waals surface area (Å²) in [6.45, 7) is 1.46. The summed E-state index contributed by atoms with van der Waals surface area (Å²) in [5, 5.41) is 12.5. The van der Waals surface area contributed by atoms with Crippen molar-refractivity contribution in [2.24, 2.45) is 5.92 Å². The Morgan fingerprint density at radius 3 is 3.00 bits per heavy atom. The molecule has 0 aromatic heterocycles. The van der Waals surface area contributed by atoms with Crippen LogP contribution in [0.4, 0.5) is 0 Å². The molecular weight excluding hydrogens is 206 g/mol. The van der Waals surface area contributed by atoms with Gasteiger partial charge in [0, 0.05) is 19.2 Å². The van der Waals surface area contributed by atoms with E-state index in [0.717, 1.165) is 24.5 Å². The number of ether oxygens (including phenoxy) is 2. The molecule has 2 heterocycles. The van der Waals surface area contributed by atoms with E-state index in [4.69, 9.17) is 14.6 Å². The molecule has 1 saturated heterocycles. The number of rotatable bonds is 2. The van der Waals surface area contributed by atoms with E-state index in [-0.39, 0.29) is 6.61 Å². The number of benzene rings is 1. The van der Waals surface area contributed by atoms with Gasteiger partial charge in [-0.15, -0.1) is 0 Å². The fraction of sp³-hybridized carbons (Fsp3) is 0.500. The van der Waals surface area contributed by atoms with E-state index in [1.54, 1.807) is 0 Å². The van der Waals surface area contributed by atoms with E-state index in [0.29, 0.717) is 18.8 Å². The number of hydrogen-bond acceptors (Lipinski definition) is 4. The molecule has 1 fully saturated rings. The maximum absolute atomic E-state index is 9.10. The van der Waals surface area contributed by atoms with Gasteiger partial charge in [0.05, 0.1) is 0 Å². The number of hydrogen-bond donors (Lipinski definition) is 2. The molecule has 2 aliphatic heterocycles. The third-order valence-electron chi connectivity index (χ3n) is 3.28. The lowest BCUT2D eigenvalue weighted by Gasteiger charge is -2.11.